The normalized spacial score (nSPS) is 10.4. The van der Waals surface area contributed by atoms with Crippen molar-refractivity contribution in [3.63, 3.8) is 0 Å². The van der Waals surface area contributed by atoms with Crippen LogP contribution in [-0.2, 0) is 0 Å². The van der Waals surface area contributed by atoms with E-state index in [9.17, 15) is 0 Å². The summed E-state index contributed by atoms with van der Waals surface area (Å²) in [4.78, 5) is 8.78. The SMILES string of the molecule is COc1ccc(Nc2ccc3ccccc3n2)nc1. The number of para-hydroxylation sites is 1. The lowest BCUT2D eigenvalue weighted by molar-refractivity contribution is 0.413. The zero-order valence-corrected chi connectivity index (χ0v) is 10.5. The average Bonchev–Trinajstić information content (AvgIpc) is 2.48. The van der Waals surface area contributed by atoms with Gasteiger partial charge in [-0.05, 0) is 30.3 Å². The fourth-order valence-electron chi connectivity index (χ4n) is 1.84. The van der Waals surface area contributed by atoms with Crippen molar-refractivity contribution in [1.82, 2.24) is 9.97 Å². The molecule has 0 fully saturated rings. The van der Waals surface area contributed by atoms with Crippen molar-refractivity contribution in [2.75, 3.05) is 12.4 Å². The van der Waals surface area contributed by atoms with Crippen LogP contribution in [-0.4, -0.2) is 17.1 Å². The van der Waals surface area contributed by atoms with E-state index in [1.807, 2.05) is 48.5 Å². The number of methoxy groups -OCH3 is 1. The fraction of sp³-hybridized carbons (Fsp3) is 0.0667. The Bertz CT molecular complexity index is 695. The van der Waals surface area contributed by atoms with Gasteiger partial charge in [-0.25, -0.2) is 9.97 Å². The molecule has 0 unspecified atom stereocenters. The Balaban J connectivity index is 1.87. The molecule has 2 aromatic heterocycles. The van der Waals surface area contributed by atoms with Crippen LogP contribution in [0.2, 0.25) is 0 Å². The Kier molecular flexibility index (Phi) is 2.98. The van der Waals surface area contributed by atoms with E-state index >= 15 is 0 Å². The van der Waals surface area contributed by atoms with Crippen molar-refractivity contribution >= 4 is 22.5 Å². The molecule has 1 N–H and O–H groups in total. The van der Waals surface area contributed by atoms with Crippen molar-refractivity contribution in [3.05, 3.63) is 54.7 Å². The van der Waals surface area contributed by atoms with Crippen LogP contribution >= 0.6 is 0 Å². The van der Waals surface area contributed by atoms with Gasteiger partial charge >= 0.3 is 0 Å². The molecule has 0 saturated carbocycles. The second-order valence-corrected chi connectivity index (χ2v) is 4.10. The number of hydrogen-bond acceptors (Lipinski definition) is 4. The minimum absolute atomic E-state index is 0.733. The lowest BCUT2D eigenvalue weighted by atomic mass is 10.2. The number of hydrogen-bond donors (Lipinski definition) is 1. The van der Waals surface area contributed by atoms with E-state index in [-0.39, 0.29) is 0 Å². The van der Waals surface area contributed by atoms with Crippen LogP contribution in [0.25, 0.3) is 10.9 Å². The second-order valence-electron chi connectivity index (χ2n) is 4.10. The Labute approximate surface area is 111 Å². The zero-order valence-electron chi connectivity index (χ0n) is 10.5. The molecule has 1 aromatic carbocycles. The summed E-state index contributed by atoms with van der Waals surface area (Å²) in [5.41, 5.74) is 0.959. The van der Waals surface area contributed by atoms with Crippen LogP contribution in [0.3, 0.4) is 0 Å². The van der Waals surface area contributed by atoms with E-state index in [4.69, 9.17) is 4.74 Å². The number of nitrogens with zero attached hydrogens (tertiary/aromatic N) is 2. The number of rotatable bonds is 3. The maximum Gasteiger partial charge on any atom is 0.137 e. The summed E-state index contributed by atoms with van der Waals surface area (Å²) in [5, 5.41) is 4.29. The van der Waals surface area contributed by atoms with Crippen LogP contribution < -0.4 is 10.1 Å². The van der Waals surface area contributed by atoms with Crippen LogP contribution in [0.5, 0.6) is 5.75 Å². The van der Waals surface area contributed by atoms with Crippen molar-refractivity contribution in [3.8, 4) is 5.75 Å². The van der Waals surface area contributed by atoms with Crippen molar-refractivity contribution in [2.45, 2.75) is 0 Å². The van der Waals surface area contributed by atoms with E-state index in [1.165, 1.54) is 0 Å². The minimum atomic E-state index is 0.733. The largest absolute Gasteiger partial charge is 0.495 e. The third-order valence-electron chi connectivity index (χ3n) is 2.83. The Morgan fingerprint density at radius 1 is 0.947 bits per heavy atom. The zero-order chi connectivity index (χ0) is 13.1. The molecule has 94 valence electrons. The molecule has 0 aliphatic rings. The summed E-state index contributed by atoms with van der Waals surface area (Å²) < 4.78 is 5.07. The molecule has 0 bridgehead atoms. The highest BCUT2D eigenvalue weighted by molar-refractivity contribution is 5.80. The Morgan fingerprint density at radius 2 is 1.79 bits per heavy atom. The number of nitrogens with one attached hydrogen (secondary N) is 1. The summed E-state index contributed by atoms with van der Waals surface area (Å²) in [6, 6.07) is 15.7. The molecule has 0 aliphatic heterocycles. The van der Waals surface area contributed by atoms with E-state index in [1.54, 1.807) is 13.3 Å². The molecule has 0 saturated heterocycles. The maximum atomic E-state index is 5.07. The van der Waals surface area contributed by atoms with Gasteiger partial charge in [0.25, 0.3) is 0 Å². The molecule has 0 aliphatic carbocycles. The highest BCUT2D eigenvalue weighted by atomic mass is 16.5. The van der Waals surface area contributed by atoms with Gasteiger partial charge in [-0.3, -0.25) is 0 Å². The summed E-state index contributed by atoms with van der Waals surface area (Å²) in [6.07, 6.45) is 1.67. The number of anilines is 2. The first-order valence-corrected chi connectivity index (χ1v) is 5.98. The number of benzene rings is 1. The Hall–Kier alpha value is -2.62. The lowest BCUT2D eigenvalue weighted by Crippen LogP contribution is -1.96. The highest BCUT2D eigenvalue weighted by Crippen LogP contribution is 2.18. The molecule has 0 radical (unpaired) electrons. The first-order chi connectivity index (χ1) is 9.35. The number of fused-ring (bicyclic) bond motifs is 1. The van der Waals surface area contributed by atoms with Gasteiger partial charge in [0.15, 0.2) is 0 Å². The average molecular weight is 251 g/mol. The molecule has 2 heterocycles. The quantitative estimate of drug-likeness (QED) is 0.775. The van der Waals surface area contributed by atoms with Crippen LogP contribution in [0.15, 0.2) is 54.7 Å². The van der Waals surface area contributed by atoms with E-state index in [0.717, 1.165) is 28.3 Å². The molecular weight excluding hydrogens is 238 g/mol. The summed E-state index contributed by atoms with van der Waals surface area (Å²) in [5.74, 6) is 2.25. The van der Waals surface area contributed by atoms with Crippen molar-refractivity contribution < 1.29 is 4.74 Å². The maximum absolute atomic E-state index is 5.07. The summed E-state index contributed by atoms with van der Waals surface area (Å²) >= 11 is 0. The van der Waals surface area contributed by atoms with Gasteiger partial charge in [0, 0.05) is 5.39 Å². The number of aromatic nitrogens is 2. The molecule has 3 aromatic rings. The second kappa shape index (κ2) is 4.94. The fourth-order valence-corrected chi connectivity index (χ4v) is 1.84. The number of pyridine rings is 2. The van der Waals surface area contributed by atoms with E-state index in [0.29, 0.717) is 0 Å². The Morgan fingerprint density at radius 3 is 2.58 bits per heavy atom. The van der Waals surface area contributed by atoms with Gasteiger partial charge in [-0.15, -0.1) is 0 Å². The topological polar surface area (TPSA) is 47.0 Å². The van der Waals surface area contributed by atoms with Crippen LogP contribution in [0, 0.1) is 0 Å². The van der Waals surface area contributed by atoms with Crippen LogP contribution in [0.4, 0.5) is 11.6 Å². The van der Waals surface area contributed by atoms with Gasteiger partial charge in [-0.2, -0.15) is 0 Å². The molecular formula is C15H13N3O. The van der Waals surface area contributed by atoms with Gasteiger partial charge in [0.2, 0.25) is 0 Å². The first kappa shape index (κ1) is 11.5. The standard InChI is InChI=1S/C15H13N3O/c1-19-12-7-9-14(16-10-12)18-15-8-6-11-4-2-3-5-13(11)17-15/h2-10H,1H3,(H,16,17,18). The van der Waals surface area contributed by atoms with Crippen molar-refractivity contribution in [1.29, 1.82) is 0 Å². The van der Waals surface area contributed by atoms with Gasteiger partial charge in [0.1, 0.15) is 17.4 Å². The molecule has 0 amide bonds. The molecule has 0 spiro atoms. The molecule has 3 rings (SSSR count). The highest BCUT2D eigenvalue weighted by Gasteiger charge is 2.00. The third kappa shape index (κ3) is 2.47. The lowest BCUT2D eigenvalue weighted by Gasteiger charge is -2.06. The minimum Gasteiger partial charge on any atom is -0.495 e. The van der Waals surface area contributed by atoms with Crippen molar-refractivity contribution in [2.24, 2.45) is 0 Å². The first-order valence-electron chi connectivity index (χ1n) is 5.98. The smallest absolute Gasteiger partial charge is 0.137 e. The van der Waals surface area contributed by atoms with Gasteiger partial charge < -0.3 is 10.1 Å². The summed E-state index contributed by atoms with van der Waals surface area (Å²) in [7, 11) is 1.62. The molecule has 19 heavy (non-hydrogen) atoms. The van der Waals surface area contributed by atoms with Crippen LogP contribution in [0.1, 0.15) is 0 Å². The van der Waals surface area contributed by atoms with E-state index in [2.05, 4.69) is 15.3 Å². The summed E-state index contributed by atoms with van der Waals surface area (Å²) in [6.45, 7) is 0. The van der Waals surface area contributed by atoms with Gasteiger partial charge in [-0.1, -0.05) is 18.2 Å². The molecule has 0 atom stereocenters. The van der Waals surface area contributed by atoms with E-state index < -0.39 is 0 Å². The third-order valence-corrected chi connectivity index (χ3v) is 2.83. The number of ether oxygens (including phenoxy) is 1. The predicted octanol–water partition coefficient (Wildman–Crippen LogP) is 3.38. The van der Waals surface area contributed by atoms with Gasteiger partial charge in [0.05, 0.1) is 18.8 Å². The molecule has 4 heteroatoms. The predicted molar refractivity (Wildman–Crippen MR) is 75.8 cm³/mol. The molecule has 4 nitrogen and oxygen atoms in total. The monoisotopic (exact) mass is 251 g/mol.